The molecular weight excluding hydrogens is 278 g/mol. The van der Waals surface area contributed by atoms with E-state index in [0.29, 0.717) is 0 Å². The molecule has 0 radical (unpaired) electrons. The average Bonchev–Trinajstić information content (AvgIpc) is 3.35. The monoisotopic (exact) mass is 293 g/mol. The molecule has 0 spiro atoms. The SMILES string of the molecule is O=S(c1cccc2ccccc12)N1C[C@H]1c1ccccc1. The molecule has 0 aliphatic carbocycles. The fraction of sp³-hybridized carbons (Fsp3) is 0.111. The lowest BCUT2D eigenvalue weighted by molar-refractivity contribution is 0.648. The van der Waals surface area contributed by atoms with Gasteiger partial charge in [0.05, 0.1) is 10.9 Å². The normalized spacial score (nSPS) is 22.1. The molecule has 3 atom stereocenters. The number of rotatable bonds is 3. The van der Waals surface area contributed by atoms with Gasteiger partial charge in [0.2, 0.25) is 0 Å². The van der Waals surface area contributed by atoms with Crippen LogP contribution in [0.5, 0.6) is 0 Å². The van der Waals surface area contributed by atoms with Gasteiger partial charge in [-0.2, -0.15) is 0 Å². The van der Waals surface area contributed by atoms with Crippen molar-refractivity contribution in [1.82, 2.24) is 4.31 Å². The Balaban J connectivity index is 1.67. The van der Waals surface area contributed by atoms with Crippen LogP contribution < -0.4 is 0 Å². The Morgan fingerprint density at radius 1 is 0.857 bits per heavy atom. The Labute approximate surface area is 126 Å². The largest absolute Gasteiger partial charge is 0.237 e. The molecule has 0 bridgehead atoms. The van der Waals surface area contributed by atoms with Crippen molar-refractivity contribution < 1.29 is 4.21 Å². The van der Waals surface area contributed by atoms with Gasteiger partial charge < -0.3 is 0 Å². The fourth-order valence-corrected chi connectivity index (χ4v) is 4.18. The van der Waals surface area contributed by atoms with Crippen molar-refractivity contribution in [2.75, 3.05) is 6.54 Å². The van der Waals surface area contributed by atoms with Crippen LogP contribution >= 0.6 is 0 Å². The molecule has 21 heavy (non-hydrogen) atoms. The summed E-state index contributed by atoms with van der Waals surface area (Å²) in [4.78, 5) is 0.909. The molecule has 104 valence electrons. The standard InChI is InChI=1S/C18H15NOS/c20-21(19-13-17(19)15-8-2-1-3-9-15)18-12-6-10-14-7-4-5-11-16(14)18/h1-12,17H,13H2/t17-,19?,21?/m0/s1. The predicted octanol–water partition coefficient (Wildman–Crippen LogP) is 3.92. The molecule has 2 nitrogen and oxygen atoms in total. The van der Waals surface area contributed by atoms with Crippen molar-refractivity contribution in [2.24, 2.45) is 0 Å². The Morgan fingerprint density at radius 2 is 1.57 bits per heavy atom. The lowest BCUT2D eigenvalue weighted by atomic mass is 10.1. The van der Waals surface area contributed by atoms with E-state index in [1.807, 2.05) is 52.8 Å². The van der Waals surface area contributed by atoms with Crippen LogP contribution in [0.25, 0.3) is 10.8 Å². The van der Waals surface area contributed by atoms with Crippen LogP contribution in [0.4, 0.5) is 0 Å². The number of hydrogen-bond acceptors (Lipinski definition) is 1. The highest BCUT2D eigenvalue weighted by Gasteiger charge is 2.40. The average molecular weight is 293 g/mol. The van der Waals surface area contributed by atoms with E-state index in [9.17, 15) is 4.21 Å². The van der Waals surface area contributed by atoms with Crippen molar-refractivity contribution in [1.29, 1.82) is 0 Å². The zero-order valence-corrected chi connectivity index (χ0v) is 12.3. The number of fused-ring (bicyclic) bond motifs is 1. The van der Waals surface area contributed by atoms with Crippen LogP contribution in [0.15, 0.2) is 77.7 Å². The van der Waals surface area contributed by atoms with Crippen LogP contribution in [0, 0.1) is 0 Å². The van der Waals surface area contributed by atoms with Gasteiger partial charge in [-0.15, -0.1) is 0 Å². The first-order valence-electron chi connectivity index (χ1n) is 7.06. The van der Waals surface area contributed by atoms with Gasteiger partial charge in [0.1, 0.15) is 11.0 Å². The molecule has 2 unspecified atom stereocenters. The molecule has 0 amide bonds. The minimum Gasteiger partial charge on any atom is -0.237 e. The van der Waals surface area contributed by atoms with E-state index in [1.54, 1.807) is 0 Å². The quantitative estimate of drug-likeness (QED) is 0.670. The van der Waals surface area contributed by atoms with E-state index in [1.165, 1.54) is 5.56 Å². The molecule has 3 heteroatoms. The lowest BCUT2D eigenvalue weighted by Gasteiger charge is -2.08. The fourth-order valence-electron chi connectivity index (χ4n) is 2.73. The summed E-state index contributed by atoms with van der Waals surface area (Å²) >= 11 is 0. The number of nitrogens with zero attached hydrogens (tertiary/aromatic N) is 1. The topological polar surface area (TPSA) is 20.1 Å². The summed E-state index contributed by atoms with van der Waals surface area (Å²) in [5.74, 6) is 0. The maximum atomic E-state index is 12.8. The van der Waals surface area contributed by atoms with Crippen LogP contribution in [0.3, 0.4) is 0 Å². The maximum absolute atomic E-state index is 12.8. The van der Waals surface area contributed by atoms with Gasteiger partial charge in [-0.3, -0.25) is 0 Å². The molecular formula is C18H15NOS. The maximum Gasteiger partial charge on any atom is 0.128 e. The lowest BCUT2D eigenvalue weighted by Crippen LogP contribution is -2.05. The van der Waals surface area contributed by atoms with Crippen molar-refractivity contribution in [3.8, 4) is 0 Å². The van der Waals surface area contributed by atoms with Crippen LogP contribution in [0.1, 0.15) is 11.6 Å². The van der Waals surface area contributed by atoms with E-state index in [2.05, 4.69) is 24.3 Å². The molecule has 3 aromatic carbocycles. The summed E-state index contributed by atoms with van der Waals surface area (Å²) < 4.78 is 14.9. The first-order valence-corrected chi connectivity index (χ1v) is 8.16. The molecule has 0 N–H and O–H groups in total. The van der Waals surface area contributed by atoms with Crippen molar-refractivity contribution in [3.63, 3.8) is 0 Å². The Hall–Kier alpha value is -1.97. The summed E-state index contributed by atoms with van der Waals surface area (Å²) in [6.45, 7) is 0.861. The number of hydrogen-bond donors (Lipinski definition) is 0. The highest BCUT2D eigenvalue weighted by molar-refractivity contribution is 7.83. The van der Waals surface area contributed by atoms with Crippen molar-refractivity contribution in [2.45, 2.75) is 10.9 Å². The highest BCUT2D eigenvalue weighted by Crippen LogP contribution is 2.39. The van der Waals surface area contributed by atoms with E-state index in [-0.39, 0.29) is 6.04 Å². The second-order valence-corrected chi connectivity index (χ2v) is 6.66. The smallest absolute Gasteiger partial charge is 0.128 e. The molecule has 1 saturated heterocycles. The molecule has 1 aliphatic rings. The minimum absolute atomic E-state index is 0.283. The second-order valence-electron chi connectivity index (χ2n) is 5.25. The van der Waals surface area contributed by atoms with Crippen LogP contribution in [0.2, 0.25) is 0 Å². The molecule has 3 aromatic rings. The second kappa shape index (κ2) is 5.10. The van der Waals surface area contributed by atoms with Crippen molar-refractivity contribution in [3.05, 3.63) is 78.4 Å². The third kappa shape index (κ3) is 2.28. The highest BCUT2D eigenvalue weighted by atomic mass is 32.2. The van der Waals surface area contributed by atoms with E-state index in [0.717, 1.165) is 22.2 Å². The van der Waals surface area contributed by atoms with Crippen molar-refractivity contribution >= 4 is 21.8 Å². The summed E-state index contributed by atoms with van der Waals surface area (Å²) in [7, 11) is -1.10. The molecule has 0 saturated carbocycles. The van der Waals surface area contributed by atoms with Gasteiger partial charge in [0, 0.05) is 6.54 Å². The van der Waals surface area contributed by atoms with Gasteiger partial charge >= 0.3 is 0 Å². The molecule has 1 heterocycles. The van der Waals surface area contributed by atoms with Crippen LogP contribution in [-0.2, 0) is 11.0 Å². The van der Waals surface area contributed by atoms with E-state index < -0.39 is 11.0 Å². The third-order valence-electron chi connectivity index (χ3n) is 3.90. The number of benzene rings is 3. The first kappa shape index (κ1) is 12.7. The Kier molecular flexibility index (Phi) is 3.09. The van der Waals surface area contributed by atoms with Gasteiger partial charge in [0.15, 0.2) is 0 Å². The van der Waals surface area contributed by atoms with Gasteiger partial charge in [0.25, 0.3) is 0 Å². The summed E-state index contributed by atoms with van der Waals surface area (Å²) in [5.41, 5.74) is 1.24. The summed E-state index contributed by atoms with van der Waals surface area (Å²) in [6.07, 6.45) is 0. The zero-order chi connectivity index (χ0) is 14.2. The Bertz CT molecular complexity index is 810. The third-order valence-corrected chi connectivity index (χ3v) is 5.46. The minimum atomic E-state index is -1.10. The zero-order valence-electron chi connectivity index (χ0n) is 11.5. The predicted molar refractivity (Wildman–Crippen MR) is 86.2 cm³/mol. The van der Waals surface area contributed by atoms with Gasteiger partial charge in [-0.1, -0.05) is 66.7 Å². The van der Waals surface area contributed by atoms with E-state index in [4.69, 9.17) is 0 Å². The molecule has 1 aliphatic heterocycles. The molecule has 0 aromatic heterocycles. The molecule has 1 fully saturated rings. The summed E-state index contributed by atoms with van der Waals surface area (Å²) in [5, 5.41) is 2.22. The first-order chi connectivity index (χ1) is 10.3. The Morgan fingerprint density at radius 3 is 2.43 bits per heavy atom. The molecule has 4 rings (SSSR count). The van der Waals surface area contributed by atoms with Gasteiger partial charge in [-0.25, -0.2) is 8.51 Å². The van der Waals surface area contributed by atoms with Crippen LogP contribution in [-0.4, -0.2) is 15.1 Å². The van der Waals surface area contributed by atoms with E-state index >= 15 is 0 Å². The van der Waals surface area contributed by atoms with Gasteiger partial charge in [-0.05, 0) is 22.4 Å². The summed E-state index contributed by atoms with van der Waals surface area (Å²) in [6, 6.07) is 24.7.